The monoisotopic (exact) mass is 369 g/mol. The SMILES string of the molecule is CCOC(=O)CSC[C@H]1O[C@@H](n2cnc3c(N)ncnc32)[C@H](O)[C@@H]1O. The van der Waals surface area contributed by atoms with E-state index in [1.807, 2.05) is 0 Å². The number of aliphatic hydroxyl groups is 2. The first-order chi connectivity index (χ1) is 12.0. The van der Waals surface area contributed by atoms with Gasteiger partial charge in [0.25, 0.3) is 0 Å². The second-order valence-corrected chi connectivity index (χ2v) is 6.48. The van der Waals surface area contributed by atoms with Gasteiger partial charge in [-0.1, -0.05) is 0 Å². The van der Waals surface area contributed by atoms with E-state index in [9.17, 15) is 15.0 Å². The zero-order valence-electron chi connectivity index (χ0n) is 13.5. The Bertz CT molecular complexity index is 756. The van der Waals surface area contributed by atoms with Crippen molar-refractivity contribution in [2.24, 2.45) is 0 Å². The molecule has 10 nitrogen and oxygen atoms in total. The van der Waals surface area contributed by atoms with Crippen LogP contribution in [0.1, 0.15) is 13.2 Å². The van der Waals surface area contributed by atoms with E-state index in [0.717, 1.165) is 0 Å². The molecule has 0 spiro atoms. The summed E-state index contributed by atoms with van der Waals surface area (Å²) in [5, 5.41) is 20.5. The predicted molar refractivity (Wildman–Crippen MR) is 89.6 cm³/mol. The molecule has 25 heavy (non-hydrogen) atoms. The van der Waals surface area contributed by atoms with Gasteiger partial charge in [-0.25, -0.2) is 15.0 Å². The van der Waals surface area contributed by atoms with Gasteiger partial charge in [0.05, 0.1) is 24.8 Å². The fourth-order valence-corrected chi connectivity index (χ4v) is 3.49. The summed E-state index contributed by atoms with van der Waals surface area (Å²) < 4.78 is 12.1. The van der Waals surface area contributed by atoms with Crippen LogP contribution in [0.3, 0.4) is 0 Å². The minimum absolute atomic E-state index is 0.152. The van der Waals surface area contributed by atoms with E-state index in [0.29, 0.717) is 23.5 Å². The molecule has 0 aromatic carbocycles. The highest BCUT2D eigenvalue weighted by molar-refractivity contribution is 7.99. The van der Waals surface area contributed by atoms with Crippen LogP contribution in [-0.4, -0.2) is 72.1 Å². The maximum absolute atomic E-state index is 11.4. The van der Waals surface area contributed by atoms with Crippen molar-refractivity contribution in [1.82, 2.24) is 19.5 Å². The second-order valence-electron chi connectivity index (χ2n) is 5.45. The van der Waals surface area contributed by atoms with Gasteiger partial charge in [-0.3, -0.25) is 9.36 Å². The smallest absolute Gasteiger partial charge is 0.315 e. The Morgan fingerprint density at radius 2 is 2.20 bits per heavy atom. The maximum atomic E-state index is 11.4. The largest absolute Gasteiger partial charge is 0.465 e. The first kappa shape index (κ1) is 17.9. The van der Waals surface area contributed by atoms with Crippen molar-refractivity contribution in [3.8, 4) is 0 Å². The van der Waals surface area contributed by atoms with Crippen molar-refractivity contribution in [1.29, 1.82) is 0 Å². The fraction of sp³-hybridized carbons (Fsp3) is 0.571. The summed E-state index contributed by atoms with van der Waals surface area (Å²) in [7, 11) is 0. The van der Waals surface area contributed by atoms with Gasteiger partial charge in [-0.05, 0) is 6.92 Å². The number of nitrogen functional groups attached to an aromatic ring is 1. The number of carbonyl (C=O) groups excluding carboxylic acids is 1. The average Bonchev–Trinajstić information content (AvgIpc) is 3.12. The lowest BCUT2D eigenvalue weighted by Crippen LogP contribution is -2.32. The molecule has 1 saturated heterocycles. The summed E-state index contributed by atoms with van der Waals surface area (Å²) in [6.45, 7) is 2.06. The molecule has 0 aliphatic carbocycles. The van der Waals surface area contributed by atoms with Crippen LogP contribution in [0.25, 0.3) is 11.2 Å². The predicted octanol–water partition coefficient (Wildman–Crippen LogP) is -0.676. The van der Waals surface area contributed by atoms with Gasteiger partial charge in [0.15, 0.2) is 17.7 Å². The van der Waals surface area contributed by atoms with Crippen LogP contribution in [0.4, 0.5) is 5.82 Å². The molecule has 0 radical (unpaired) electrons. The van der Waals surface area contributed by atoms with E-state index in [1.54, 1.807) is 6.92 Å². The third-order valence-corrected chi connectivity index (χ3v) is 4.81. The number of nitrogens with zero attached hydrogens (tertiary/aromatic N) is 4. The Hall–Kier alpha value is -1.95. The number of carbonyl (C=O) groups is 1. The van der Waals surface area contributed by atoms with Gasteiger partial charge in [0, 0.05) is 5.75 Å². The lowest BCUT2D eigenvalue weighted by molar-refractivity contribution is -0.139. The lowest BCUT2D eigenvalue weighted by atomic mass is 10.1. The fourth-order valence-electron chi connectivity index (χ4n) is 2.61. The standard InChI is InChI=1S/C14H19N5O5S/c1-2-23-8(20)4-25-3-7-10(21)11(22)14(24-7)19-6-18-9-12(15)16-5-17-13(9)19/h5-7,10-11,14,21-22H,2-4H2,1H3,(H2,15,16,17)/t7-,10-,11-,14-/m1/s1. The number of esters is 1. The van der Waals surface area contributed by atoms with E-state index in [1.165, 1.54) is 29.0 Å². The Morgan fingerprint density at radius 3 is 2.96 bits per heavy atom. The summed E-state index contributed by atoms with van der Waals surface area (Å²) in [5.41, 5.74) is 6.55. The number of fused-ring (bicyclic) bond motifs is 1. The highest BCUT2D eigenvalue weighted by Gasteiger charge is 2.44. The Balaban J connectivity index is 1.69. The summed E-state index contributed by atoms with van der Waals surface area (Å²) in [4.78, 5) is 23.5. The summed E-state index contributed by atoms with van der Waals surface area (Å²) in [6, 6.07) is 0. The molecule has 0 bridgehead atoms. The van der Waals surface area contributed by atoms with Crippen LogP contribution in [0.2, 0.25) is 0 Å². The quantitative estimate of drug-likeness (QED) is 0.560. The van der Waals surface area contributed by atoms with Crippen molar-refractivity contribution in [2.45, 2.75) is 31.5 Å². The topological polar surface area (TPSA) is 146 Å². The van der Waals surface area contributed by atoms with Crippen molar-refractivity contribution in [3.63, 3.8) is 0 Å². The zero-order valence-corrected chi connectivity index (χ0v) is 14.3. The molecule has 4 N–H and O–H groups in total. The minimum Gasteiger partial charge on any atom is -0.465 e. The number of imidazole rings is 1. The number of hydrogen-bond acceptors (Lipinski definition) is 10. The molecular formula is C14H19N5O5S. The van der Waals surface area contributed by atoms with Gasteiger partial charge in [-0.2, -0.15) is 0 Å². The third kappa shape index (κ3) is 3.54. The van der Waals surface area contributed by atoms with E-state index in [-0.39, 0.29) is 17.5 Å². The molecule has 0 saturated carbocycles. The molecule has 0 unspecified atom stereocenters. The van der Waals surface area contributed by atoms with E-state index in [4.69, 9.17) is 15.2 Å². The third-order valence-electron chi connectivity index (χ3n) is 3.81. The van der Waals surface area contributed by atoms with Gasteiger partial charge in [0.2, 0.25) is 0 Å². The van der Waals surface area contributed by atoms with Crippen molar-refractivity contribution in [2.75, 3.05) is 23.8 Å². The molecule has 1 fully saturated rings. The lowest BCUT2D eigenvalue weighted by Gasteiger charge is -2.16. The number of hydrogen-bond donors (Lipinski definition) is 3. The normalized spacial score (nSPS) is 26.2. The van der Waals surface area contributed by atoms with Crippen LogP contribution >= 0.6 is 11.8 Å². The molecule has 3 rings (SSSR count). The first-order valence-corrected chi connectivity index (χ1v) is 8.86. The number of aliphatic hydroxyl groups excluding tert-OH is 2. The summed E-state index contributed by atoms with van der Waals surface area (Å²) in [5.74, 6) is 0.374. The molecular weight excluding hydrogens is 350 g/mol. The van der Waals surface area contributed by atoms with Crippen LogP contribution in [0.5, 0.6) is 0 Å². The van der Waals surface area contributed by atoms with Gasteiger partial charge in [0.1, 0.15) is 24.1 Å². The van der Waals surface area contributed by atoms with E-state index in [2.05, 4.69) is 15.0 Å². The number of aromatic nitrogens is 4. The van der Waals surface area contributed by atoms with Crippen molar-refractivity contribution < 1.29 is 24.5 Å². The van der Waals surface area contributed by atoms with Crippen LogP contribution in [0.15, 0.2) is 12.7 Å². The molecule has 0 amide bonds. The molecule has 2 aromatic heterocycles. The number of nitrogens with two attached hydrogens (primary N) is 1. The molecule has 1 aliphatic heterocycles. The summed E-state index contributed by atoms with van der Waals surface area (Å²) >= 11 is 1.27. The highest BCUT2D eigenvalue weighted by atomic mass is 32.2. The average molecular weight is 369 g/mol. The van der Waals surface area contributed by atoms with Gasteiger partial charge in [-0.15, -0.1) is 11.8 Å². The Labute approximate surface area is 147 Å². The van der Waals surface area contributed by atoms with Crippen molar-refractivity contribution >= 4 is 34.7 Å². The second kappa shape index (κ2) is 7.52. The van der Waals surface area contributed by atoms with Crippen molar-refractivity contribution in [3.05, 3.63) is 12.7 Å². The van der Waals surface area contributed by atoms with E-state index >= 15 is 0 Å². The molecule has 136 valence electrons. The maximum Gasteiger partial charge on any atom is 0.315 e. The number of ether oxygens (including phenoxy) is 2. The van der Waals surface area contributed by atoms with Crippen LogP contribution < -0.4 is 5.73 Å². The Morgan fingerprint density at radius 1 is 1.40 bits per heavy atom. The number of anilines is 1. The van der Waals surface area contributed by atoms with Crippen LogP contribution in [-0.2, 0) is 14.3 Å². The van der Waals surface area contributed by atoms with Gasteiger partial charge < -0.3 is 25.4 Å². The summed E-state index contributed by atoms with van der Waals surface area (Å²) in [6.07, 6.45) is -1.04. The number of rotatable bonds is 6. The highest BCUT2D eigenvalue weighted by Crippen LogP contribution is 2.33. The number of thioether (sulfide) groups is 1. The van der Waals surface area contributed by atoms with E-state index < -0.39 is 24.5 Å². The molecule has 2 aromatic rings. The van der Waals surface area contributed by atoms with Gasteiger partial charge >= 0.3 is 5.97 Å². The molecule has 4 atom stereocenters. The first-order valence-electron chi connectivity index (χ1n) is 7.71. The molecule has 1 aliphatic rings. The van der Waals surface area contributed by atoms with Crippen LogP contribution in [0, 0.1) is 0 Å². The Kier molecular flexibility index (Phi) is 5.37. The minimum atomic E-state index is -1.17. The molecule has 11 heteroatoms. The molecule has 3 heterocycles. The zero-order chi connectivity index (χ0) is 18.0.